The van der Waals surface area contributed by atoms with Gasteiger partial charge in [0.05, 0.1) is 19.1 Å². The van der Waals surface area contributed by atoms with E-state index >= 15 is 0 Å². The van der Waals surface area contributed by atoms with Crippen molar-refractivity contribution in [2.75, 3.05) is 19.8 Å². The summed E-state index contributed by atoms with van der Waals surface area (Å²) < 4.78 is 46.5. The van der Waals surface area contributed by atoms with Crippen LogP contribution in [0.5, 0.6) is 0 Å². The summed E-state index contributed by atoms with van der Waals surface area (Å²) in [6.45, 7) is 3.67. The first-order valence-electron chi connectivity index (χ1n) is 7.82. The SMILES string of the molecule is C=CC(=O)OCCNC(=O)OCCCC(=O)CC(C(C)=O)C(=O)C(F)(F)F. The molecule has 0 aromatic carbocycles. The number of halogens is 3. The van der Waals surface area contributed by atoms with Crippen LogP contribution in [-0.2, 0) is 28.7 Å². The number of esters is 1. The van der Waals surface area contributed by atoms with E-state index in [2.05, 4.69) is 16.6 Å². The fourth-order valence-electron chi connectivity index (χ4n) is 1.80. The molecule has 0 saturated heterocycles. The first-order valence-corrected chi connectivity index (χ1v) is 7.82. The molecule has 0 spiro atoms. The predicted molar refractivity (Wildman–Crippen MR) is 84.6 cm³/mol. The lowest BCUT2D eigenvalue weighted by Crippen LogP contribution is -2.35. The Morgan fingerprint density at radius 2 is 1.74 bits per heavy atom. The Balaban J connectivity index is 4.09. The highest BCUT2D eigenvalue weighted by molar-refractivity contribution is 6.06. The normalized spacial score (nSPS) is 11.9. The molecule has 0 radical (unpaired) electrons. The van der Waals surface area contributed by atoms with Crippen molar-refractivity contribution in [1.29, 1.82) is 0 Å². The fraction of sp³-hybridized carbons (Fsp3) is 0.562. The molecule has 0 rings (SSSR count). The summed E-state index contributed by atoms with van der Waals surface area (Å²) in [4.78, 5) is 56.0. The third-order valence-electron chi connectivity index (χ3n) is 3.13. The molecule has 0 saturated carbocycles. The number of carbonyl (C=O) groups is 5. The molecule has 152 valence electrons. The molecule has 27 heavy (non-hydrogen) atoms. The highest BCUT2D eigenvalue weighted by atomic mass is 19.4. The molecular formula is C16H20F3NO7. The second-order valence-electron chi connectivity index (χ2n) is 5.31. The number of hydrogen-bond acceptors (Lipinski definition) is 7. The van der Waals surface area contributed by atoms with Crippen LogP contribution in [-0.4, -0.2) is 55.3 Å². The molecule has 1 atom stereocenters. The van der Waals surface area contributed by atoms with Gasteiger partial charge in [0.15, 0.2) is 0 Å². The summed E-state index contributed by atoms with van der Waals surface area (Å²) in [6, 6.07) is 0. The van der Waals surface area contributed by atoms with E-state index in [4.69, 9.17) is 4.74 Å². The van der Waals surface area contributed by atoms with Gasteiger partial charge in [-0.1, -0.05) is 6.58 Å². The average Bonchev–Trinajstić information content (AvgIpc) is 2.58. The van der Waals surface area contributed by atoms with Crippen molar-refractivity contribution in [3.05, 3.63) is 12.7 Å². The van der Waals surface area contributed by atoms with Gasteiger partial charge in [0, 0.05) is 18.9 Å². The van der Waals surface area contributed by atoms with Crippen molar-refractivity contribution in [2.45, 2.75) is 32.4 Å². The van der Waals surface area contributed by atoms with E-state index in [9.17, 15) is 37.1 Å². The zero-order valence-corrected chi connectivity index (χ0v) is 14.6. The minimum atomic E-state index is -5.20. The number of amides is 1. The second-order valence-corrected chi connectivity index (χ2v) is 5.31. The van der Waals surface area contributed by atoms with Crippen molar-refractivity contribution in [1.82, 2.24) is 5.32 Å². The van der Waals surface area contributed by atoms with Gasteiger partial charge in [-0.3, -0.25) is 14.4 Å². The van der Waals surface area contributed by atoms with E-state index < -0.39 is 47.9 Å². The Bertz CT molecular complexity index is 587. The van der Waals surface area contributed by atoms with Crippen molar-refractivity contribution in [3.63, 3.8) is 0 Å². The Hall–Kier alpha value is -2.72. The standard InChI is InChI=1S/C16H20F3NO7/c1-3-13(23)26-8-6-20-15(25)27-7-4-5-11(22)9-12(10(2)21)14(24)16(17,18)19/h3,12H,1,4-9H2,2H3,(H,20,25). The molecule has 0 heterocycles. The highest BCUT2D eigenvalue weighted by Crippen LogP contribution is 2.24. The van der Waals surface area contributed by atoms with Crippen LogP contribution in [0.4, 0.5) is 18.0 Å². The molecule has 0 aromatic rings. The lowest BCUT2D eigenvalue weighted by Gasteiger charge is -2.14. The first-order chi connectivity index (χ1) is 12.5. The van der Waals surface area contributed by atoms with Crippen molar-refractivity contribution in [2.24, 2.45) is 5.92 Å². The average molecular weight is 395 g/mol. The fourth-order valence-corrected chi connectivity index (χ4v) is 1.80. The zero-order chi connectivity index (χ0) is 21.0. The maximum Gasteiger partial charge on any atom is 0.450 e. The van der Waals surface area contributed by atoms with E-state index in [1.807, 2.05) is 0 Å². The van der Waals surface area contributed by atoms with E-state index in [1.165, 1.54) is 0 Å². The molecular weight excluding hydrogens is 375 g/mol. The highest BCUT2D eigenvalue weighted by Gasteiger charge is 2.45. The number of hydrogen-bond donors (Lipinski definition) is 1. The van der Waals surface area contributed by atoms with Crippen LogP contribution >= 0.6 is 0 Å². The Kier molecular flexibility index (Phi) is 10.6. The first kappa shape index (κ1) is 24.3. The lowest BCUT2D eigenvalue weighted by molar-refractivity contribution is -0.177. The van der Waals surface area contributed by atoms with Gasteiger partial charge in [0.1, 0.15) is 18.2 Å². The predicted octanol–water partition coefficient (Wildman–Crippen LogP) is 1.52. The number of nitrogens with one attached hydrogen (secondary N) is 1. The smallest absolute Gasteiger partial charge is 0.450 e. The van der Waals surface area contributed by atoms with Crippen molar-refractivity contribution < 1.29 is 46.6 Å². The largest absolute Gasteiger partial charge is 0.461 e. The quantitative estimate of drug-likeness (QED) is 0.230. The molecule has 0 fully saturated rings. The third-order valence-corrected chi connectivity index (χ3v) is 3.13. The molecule has 0 aliphatic carbocycles. The van der Waals surface area contributed by atoms with Gasteiger partial charge in [0.2, 0.25) is 5.78 Å². The minimum Gasteiger partial charge on any atom is -0.461 e. The van der Waals surface area contributed by atoms with Gasteiger partial charge < -0.3 is 14.8 Å². The summed E-state index contributed by atoms with van der Waals surface area (Å²) in [7, 11) is 0. The van der Waals surface area contributed by atoms with E-state index in [0.29, 0.717) is 0 Å². The maximum atomic E-state index is 12.4. The van der Waals surface area contributed by atoms with Gasteiger partial charge >= 0.3 is 18.2 Å². The maximum absolute atomic E-state index is 12.4. The molecule has 8 nitrogen and oxygen atoms in total. The summed E-state index contributed by atoms with van der Waals surface area (Å²) in [6.07, 6.45) is -6.20. The molecule has 1 unspecified atom stereocenters. The topological polar surface area (TPSA) is 116 Å². The molecule has 0 aliphatic heterocycles. The monoisotopic (exact) mass is 395 g/mol. The van der Waals surface area contributed by atoms with Gasteiger partial charge in [0.25, 0.3) is 0 Å². The summed E-state index contributed by atoms with van der Waals surface area (Å²) in [5.41, 5.74) is 0. The van der Waals surface area contributed by atoms with Gasteiger partial charge in [-0.2, -0.15) is 13.2 Å². The second kappa shape index (κ2) is 11.8. The summed E-state index contributed by atoms with van der Waals surface area (Å²) >= 11 is 0. The zero-order valence-electron chi connectivity index (χ0n) is 14.6. The van der Waals surface area contributed by atoms with Crippen LogP contribution in [0, 0.1) is 5.92 Å². The number of alkyl halides is 3. The lowest BCUT2D eigenvalue weighted by atomic mass is 9.92. The molecule has 1 amide bonds. The number of Topliss-reactive ketones (excluding diaryl/α,β-unsaturated/α-hetero) is 3. The van der Waals surface area contributed by atoms with Gasteiger partial charge in [-0.25, -0.2) is 9.59 Å². The summed E-state index contributed by atoms with van der Waals surface area (Å²) in [5, 5.41) is 2.26. The van der Waals surface area contributed by atoms with E-state index in [0.717, 1.165) is 13.0 Å². The molecule has 0 aliphatic rings. The van der Waals surface area contributed by atoms with Gasteiger partial charge in [-0.05, 0) is 13.3 Å². The minimum absolute atomic E-state index is 0.00252. The number of rotatable bonds is 12. The number of carbonyl (C=O) groups excluding carboxylic acids is 5. The molecule has 0 aromatic heterocycles. The molecule has 1 N–H and O–H groups in total. The third kappa shape index (κ3) is 10.8. The van der Waals surface area contributed by atoms with Gasteiger partial charge in [-0.15, -0.1) is 0 Å². The van der Waals surface area contributed by atoms with Crippen LogP contribution in [0.25, 0.3) is 0 Å². The number of ether oxygens (including phenoxy) is 2. The van der Waals surface area contributed by atoms with E-state index in [-0.39, 0.29) is 32.6 Å². The van der Waals surface area contributed by atoms with Crippen molar-refractivity contribution in [3.8, 4) is 0 Å². The number of ketones is 3. The van der Waals surface area contributed by atoms with Crippen molar-refractivity contribution >= 4 is 29.4 Å². The van der Waals surface area contributed by atoms with Crippen LogP contribution < -0.4 is 5.32 Å². The van der Waals surface area contributed by atoms with Crippen LogP contribution in [0.1, 0.15) is 26.2 Å². The summed E-state index contributed by atoms with van der Waals surface area (Å²) in [5.74, 6) is -6.74. The van der Waals surface area contributed by atoms with E-state index in [1.54, 1.807) is 0 Å². The molecule has 0 bridgehead atoms. The van der Waals surface area contributed by atoms with Crippen LogP contribution in [0.15, 0.2) is 12.7 Å². The Morgan fingerprint density at radius 1 is 1.11 bits per heavy atom. The number of alkyl carbamates (subject to hydrolysis) is 1. The molecule has 11 heteroatoms. The Morgan fingerprint density at radius 3 is 2.26 bits per heavy atom. The van der Waals surface area contributed by atoms with Crippen LogP contribution in [0.2, 0.25) is 0 Å². The Labute approximate surface area is 153 Å². The van der Waals surface area contributed by atoms with Crippen LogP contribution in [0.3, 0.4) is 0 Å².